The zero-order valence-corrected chi connectivity index (χ0v) is 25.9. The Labute approximate surface area is 261 Å². The normalized spacial score (nSPS) is 15.6. The second-order valence-electron chi connectivity index (χ2n) is 12.0. The van der Waals surface area contributed by atoms with Crippen molar-refractivity contribution in [3.05, 3.63) is 122 Å². The summed E-state index contributed by atoms with van der Waals surface area (Å²) < 4.78 is 17.3. The SMILES string of the molecule is CCNCc1ccc(C(=O)N(C)c2ccc(CC3Nc4c(n(CC5CC5)c(=O)n(Cc5ccccc5F)c4=O)N3C)cc2)cc1. The Hall–Kier alpha value is -4.70. The van der Waals surface area contributed by atoms with Crippen LogP contribution in [0.2, 0.25) is 0 Å². The van der Waals surface area contributed by atoms with Crippen molar-refractivity contribution in [2.45, 2.75) is 52.0 Å². The van der Waals surface area contributed by atoms with E-state index in [4.69, 9.17) is 0 Å². The Morgan fingerprint density at radius 2 is 1.67 bits per heavy atom. The highest BCUT2D eigenvalue weighted by atomic mass is 19.1. The van der Waals surface area contributed by atoms with Gasteiger partial charge in [-0.2, -0.15) is 0 Å². The largest absolute Gasteiger partial charge is 0.357 e. The average molecular weight is 611 g/mol. The van der Waals surface area contributed by atoms with Gasteiger partial charge in [0, 0.05) is 50.4 Å². The molecule has 1 aliphatic carbocycles. The minimum absolute atomic E-state index is 0.0920. The van der Waals surface area contributed by atoms with Crippen LogP contribution in [-0.4, -0.2) is 41.8 Å². The standard InChI is InChI=1S/C35H39FN6O3/c1-4-37-20-24-11-15-26(16-12-24)33(43)39(2)28-17-13-23(14-18-28)19-30-38-31-32(40(30)3)41(21-25-9-10-25)35(45)42(34(31)44)22-27-7-5-6-8-29(27)36/h5-8,11-18,25,30,37-38H,4,9-10,19-22H2,1-3H3. The number of hydrogen-bond acceptors (Lipinski definition) is 6. The maximum atomic E-state index is 14.5. The van der Waals surface area contributed by atoms with Crippen molar-refractivity contribution >= 4 is 23.1 Å². The first kappa shape index (κ1) is 30.3. The highest BCUT2D eigenvalue weighted by Gasteiger charge is 2.35. The van der Waals surface area contributed by atoms with E-state index in [-0.39, 0.29) is 18.6 Å². The molecule has 2 aliphatic rings. The predicted octanol–water partition coefficient (Wildman–Crippen LogP) is 4.42. The summed E-state index contributed by atoms with van der Waals surface area (Å²) in [7, 11) is 3.65. The number of carbonyl (C=O) groups is 1. The van der Waals surface area contributed by atoms with Gasteiger partial charge < -0.3 is 20.4 Å². The third-order valence-electron chi connectivity index (χ3n) is 8.77. The maximum absolute atomic E-state index is 14.5. The van der Waals surface area contributed by atoms with Crippen LogP contribution >= 0.6 is 0 Å². The van der Waals surface area contributed by atoms with Gasteiger partial charge in [0.2, 0.25) is 0 Å². The van der Waals surface area contributed by atoms with Crippen molar-refractivity contribution in [1.29, 1.82) is 0 Å². The van der Waals surface area contributed by atoms with E-state index in [0.717, 1.165) is 47.3 Å². The Morgan fingerprint density at radius 3 is 2.33 bits per heavy atom. The molecule has 1 aliphatic heterocycles. The number of nitrogens with one attached hydrogen (secondary N) is 2. The lowest BCUT2D eigenvalue weighted by atomic mass is 10.1. The fourth-order valence-electron chi connectivity index (χ4n) is 5.86. The van der Waals surface area contributed by atoms with Gasteiger partial charge in [-0.15, -0.1) is 0 Å². The Morgan fingerprint density at radius 1 is 0.978 bits per heavy atom. The summed E-state index contributed by atoms with van der Waals surface area (Å²) in [5, 5.41) is 6.65. The van der Waals surface area contributed by atoms with Gasteiger partial charge in [-0.25, -0.2) is 9.18 Å². The van der Waals surface area contributed by atoms with Crippen LogP contribution in [0.3, 0.4) is 0 Å². The third kappa shape index (κ3) is 6.28. The van der Waals surface area contributed by atoms with Gasteiger partial charge >= 0.3 is 5.69 Å². The fraction of sp³-hybridized carbons (Fsp3) is 0.343. The minimum atomic E-state index is -0.454. The topological polar surface area (TPSA) is 91.6 Å². The quantitative estimate of drug-likeness (QED) is 0.261. The lowest BCUT2D eigenvalue weighted by Gasteiger charge is -2.24. The Bertz CT molecular complexity index is 1810. The van der Waals surface area contributed by atoms with Crippen LogP contribution in [0.1, 0.15) is 46.8 Å². The van der Waals surface area contributed by atoms with Gasteiger partial charge in [0.25, 0.3) is 11.5 Å². The summed E-state index contributed by atoms with van der Waals surface area (Å²) in [4.78, 5) is 44.1. The average Bonchev–Trinajstić information content (AvgIpc) is 3.82. The molecule has 4 aromatic rings. The molecule has 1 unspecified atom stereocenters. The summed E-state index contributed by atoms with van der Waals surface area (Å²) >= 11 is 0. The number of anilines is 3. The van der Waals surface area contributed by atoms with Crippen molar-refractivity contribution in [1.82, 2.24) is 14.5 Å². The molecule has 1 atom stereocenters. The molecule has 3 aromatic carbocycles. The second kappa shape index (κ2) is 12.7. The molecule has 234 valence electrons. The van der Waals surface area contributed by atoms with Crippen molar-refractivity contribution < 1.29 is 9.18 Å². The summed E-state index contributed by atoms with van der Waals surface area (Å²) in [5.74, 6) is 0.424. The van der Waals surface area contributed by atoms with Crippen LogP contribution in [0.15, 0.2) is 82.4 Å². The van der Waals surface area contributed by atoms with E-state index in [1.54, 1.807) is 34.7 Å². The van der Waals surface area contributed by atoms with Gasteiger partial charge in [-0.3, -0.25) is 18.7 Å². The first-order valence-electron chi connectivity index (χ1n) is 15.5. The first-order chi connectivity index (χ1) is 21.7. The number of fused-ring (bicyclic) bond motifs is 1. The van der Waals surface area contributed by atoms with E-state index < -0.39 is 17.1 Å². The van der Waals surface area contributed by atoms with Gasteiger partial charge in [0.1, 0.15) is 23.5 Å². The zero-order valence-electron chi connectivity index (χ0n) is 25.9. The van der Waals surface area contributed by atoms with E-state index in [2.05, 4.69) is 17.6 Å². The van der Waals surface area contributed by atoms with E-state index in [0.29, 0.717) is 41.5 Å². The number of nitrogens with zero attached hydrogens (tertiary/aromatic N) is 4. The monoisotopic (exact) mass is 610 g/mol. The molecule has 45 heavy (non-hydrogen) atoms. The molecule has 1 saturated carbocycles. The van der Waals surface area contributed by atoms with Gasteiger partial charge in [0.05, 0.1) is 6.54 Å². The second-order valence-corrected chi connectivity index (χ2v) is 12.0. The number of carbonyl (C=O) groups excluding carboxylic acids is 1. The summed E-state index contributed by atoms with van der Waals surface area (Å²) in [6, 6.07) is 21.6. The van der Waals surface area contributed by atoms with Crippen molar-refractivity contribution in [3.63, 3.8) is 0 Å². The van der Waals surface area contributed by atoms with E-state index in [9.17, 15) is 18.8 Å². The van der Waals surface area contributed by atoms with Gasteiger partial charge in [0.15, 0.2) is 0 Å². The summed E-state index contributed by atoms with van der Waals surface area (Å²) in [6.07, 6.45) is 2.37. The molecule has 2 N–H and O–H groups in total. The van der Waals surface area contributed by atoms with Crippen molar-refractivity contribution in [2.24, 2.45) is 5.92 Å². The number of rotatable bonds is 11. The summed E-state index contributed by atoms with van der Waals surface area (Å²) in [5.41, 5.74) is 3.30. The first-order valence-corrected chi connectivity index (χ1v) is 15.5. The van der Waals surface area contributed by atoms with E-state index >= 15 is 0 Å². The molecule has 0 bridgehead atoms. The van der Waals surface area contributed by atoms with Gasteiger partial charge in [-0.1, -0.05) is 49.4 Å². The Kier molecular flexibility index (Phi) is 8.58. The van der Waals surface area contributed by atoms with Crippen LogP contribution in [-0.2, 0) is 26.1 Å². The molecular formula is C35H39FN6O3. The summed E-state index contributed by atoms with van der Waals surface area (Å²) in [6.45, 7) is 4.10. The third-order valence-corrected chi connectivity index (χ3v) is 8.77. The minimum Gasteiger partial charge on any atom is -0.357 e. The molecule has 1 fully saturated rings. The predicted molar refractivity (Wildman–Crippen MR) is 176 cm³/mol. The smallest absolute Gasteiger partial charge is 0.333 e. The molecule has 9 nitrogen and oxygen atoms in total. The number of aromatic nitrogens is 2. The van der Waals surface area contributed by atoms with Crippen molar-refractivity contribution in [2.75, 3.05) is 35.8 Å². The van der Waals surface area contributed by atoms with Crippen LogP contribution in [0.5, 0.6) is 0 Å². The Balaban J connectivity index is 1.20. The highest BCUT2D eigenvalue weighted by Crippen LogP contribution is 2.36. The van der Waals surface area contributed by atoms with Crippen LogP contribution in [0, 0.1) is 11.7 Å². The molecule has 0 radical (unpaired) electrons. The number of hydrogen-bond donors (Lipinski definition) is 2. The highest BCUT2D eigenvalue weighted by molar-refractivity contribution is 6.05. The van der Waals surface area contributed by atoms with Crippen LogP contribution in [0.4, 0.5) is 21.6 Å². The van der Waals surface area contributed by atoms with Gasteiger partial charge in [-0.05, 0) is 66.8 Å². The lowest BCUT2D eigenvalue weighted by molar-refractivity contribution is 0.0993. The zero-order chi connectivity index (χ0) is 31.7. The molecule has 0 saturated heterocycles. The molecule has 6 rings (SSSR count). The molecular weight excluding hydrogens is 571 g/mol. The maximum Gasteiger partial charge on any atom is 0.333 e. The fourth-order valence-corrected chi connectivity index (χ4v) is 5.86. The number of likely N-dealkylation sites (N-methyl/N-ethyl adjacent to an activating group) is 1. The van der Waals surface area contributed by atoms with E-state index in [1.165, 1.54) is 6.07 Å². The lowest BCUT2D eigenvalue weighted by Crippen LogP contribution is -2.42. The number of amides is 1. The van der Waals surface area contributed by atoms with Crippen molar-refractivity contribution in [3.8, 4) is 0 Å². The van der Waals surface area contributed by atoms with Crippen LogP contribution < -0.4 is 31.7 Å². The molecule has 1 aromatic heterocycles. The number of benzene rings is 3. The molecule has 1 amide bonds. The molecule has 10 heteroatoms. The number of halogens is 1. The molecule has 0 spiro atoms. The van der Waals surface area contributed by atoms with E-state index in [1.807, 2.05) is 60.5 Å². The van der Waals surface area contributed by atoms with Crippen LogP contribution in [0.25, 0.3) is 0 Å². The molecule has 2 heterocycles.